The molecule has 9 nitrogen and oxygen atoms in total. The summed E-state index contributed by atoms with van der Waals surface area (Å²) >= 11 is 5.90. The van der Waals surface area contributed by atoms with Crippen LogP contribution in [0.4, 0.5) is 17.2 Å². The van der Waals surface area contributed by atoms with Crippen LogP contribution >= 0.6 is 11.6 Å². The summed E-state index contributed by atoms with van der Waals surface area (Å²) in [6.45, 7) is 6.07. The van der Waals surface area contributed by atoms with Crippen LogP contribution in [0.25, 0.3) is 0 Å². The second-order valence-electron chi connectivity index (χ2n) is 7.86. The van der Waals surface area contributed by atoms with Gasteiger partial charge in [-0.25, -0.2) is 4.98 Å². The Balaban J connectivity index is 1.72. The van der Waals surface area contributed by atoms with Gasteiger partial charge in [0.25, 0.3) is 5.69 Å². The Kier molecular flexibility index (Phi) is 8.71. The molecule has 10 heteroatoms. The fourth-order valence-electron chi connectivity index (χ4n) is 3.61. The molecule has 1 aromatic carbocycles. The fraction of sp³-hybridized carbons (Fsp3) is 0.478. The minimum Gasteiger partial charge on any atom is -0.490 e. The zero-order chi connectivity index (χ0) is 23.8. The first-order valence-corrected chi connectivity index (χ1v) is 11.6. The quantitative estimate of drug-likeness (QED) is 0.376. The van der Waals surface area contributed by atoms with E-state index in [4.69, 9.17) is 21.1 Å². The number of nitro benzene ring substituents is 1. The largest absolute Gasteiger partial charge is 0.490 e. The molecular formula is C23H29ClN4O5. The smallest absolute Gasteiger partial charge is 0.296 e. The van der Waals surface area contributed by atoms with Crippen molar-refractivity contribution < 1.29 is 19.2 Å². The predicted molar refractivity (Wildman–Crippen MR) is 127 cm³/mol. The summed E-state index contributed by atoms with van der Waals surface area (Å²) in [7, 11) is 0. The minimum absolute atomic E-state index is 0.113. The molecule has 0 saturated carbocycles. The van der Waals surface area contributed by atoms with E-state index in [1.165, 1.54) is 12.1 Å². The molecule has 1 aliphatic heterocycles. The van der Waals surface area contributed by atoms with Crippen LogP contribution in [-0.4, -0.2) is 42.1 Å². The van der Waals surface area contributed by atoms with Gasteiger partial charge in [0, 0.05) is 31.3 Å². The lowest BCUT2D eigenvalue weighted by molar-refractivity contribution is -0.384. The average molecular weight is 477 g/mol. The molecule has 1 N–H and O–H groups in total. The van der Waals surface area contributed by atoms with Crippen LogP contribution < -0.4 is 19.7 Å². The number of aromatic nitrogens is 1. The highest BCUT2D eigenvalue weighted by molar-refractivity contribution is 6.30. The van der Waals surface area contributed by atoms with Crippen molar-refractivity contribution in [3.8, 4) is 11.5 Å². The van der Waals surface area contributed by atoms with Gasteiger partial charge < -0.3 is 19.7 Å². The topological polar surface area (TPSA) is 107 Å². The zero-order valence-corrected chi connectivity index (χ0v) is 19.6. The molecule has 1 aliphatic rings. The predicted octanol–water partition coefficient (Wildman–Crippen LogP) is 5.08. The van der Waals surface area contributed by atoms with Crippen LogP contribution in [0, 0.1) is 16.0 Å². The van der Waals surface area contributed by atoms with Gasteiger partial charge in [-0.1, -0.05) is 25.4 Å². The Hall–Kier alpha value is -3.07. The van der Waals surface area contributed by atoms with Gasteiger partial charge in [0.2, 0.25) is 5.91 Å². The first-order chi connectivity index (χ1) is 15.9. The molecule has 0 atom stereocenters. The molecule has 1 fully saturated rings. The van der Waals surface area contributed by atoms with E-state index in [-0.39, 0.29) is 23.2 Å². The van der Waals surface area contributed by atoms with Crippen LogP contribution in [0.5, 0.6) is 11.5 Å². The number of amides is 1. The Morgan fingerprint density at radius 1 is 1.18 bits per heavy atom. The summed E-state index contributed by atoms with van der Waals surface area (Å²) in [4.78, 5) is 30.5. The molecule has 0 bridgehead atoms. The molecule has 3 rings (SSSR count). The van der Waals surface area contributed by atoms with Gasteiger partial charge in [-0.2, -0.15) is 0 Å². The standard InChI is InChI=1S/C23H29ClN4O5/c1-3-11-32-20-13-18(19(28(30)31)14-21(20)33-12-4-2)26-23(29)16-7-9-27(10-8-16)22-6-5-17(24)15-25-22/h5-6,13-16H,3-4,7-12H2,1-2H3,(H,26,29). The van der Waals surface area contributed by atoms with Crippen molar-refractivity contribution in [2.45, 2.75) is 39.5 Å². The molecule has 33 heavy (non-hydrogen) atoms. The van der Waals surface area contributed by atoms with E-state index in [1.54, 1.807) is 12.3 Å². The van der Waals surface area contributed by atoms with Gasteiger partial charge in [-0.15, -0.1) is 0 Å². The number of ether oxygens (including phenoxy) is 2. The first-order valence-electron chi connectivity index (χ1n) is 11.2. The number of benzene rings is 1. The Labute approximate surface area is 198 Å². The Morgan fingerprint density at radius 2 is 1.82 bits per heavy atom. The van der Waals surface area contributed by atoms with E-state index in [9.17, 15) is 14.9 Å². The van der Waals surface area contributed by atoms with E-state index in [2.05, 4.69) is 15.2 Å². The Bertz CT molecular complexity index is 962. The van der Waals surface area contributed by atoms with Crippen molar-refractivity contribution in [2.75, 3.05) is 36.5 Å². The summed E-state index contributed by atoms with van der Waals surface area (Å²) in [6, 6.07) is 6.45. The van der Waals surface area contributed by atoms with Crippen LogP contribution in [0.2, 0.25) is 5.02 Å². The molecule has 1 amide bonds. The number of nitro groups is 1. The lowest BCUT2D eigenvalue weighted by Gasteiger charge is -2.32. The van der Waals surface area contributed by atoms with E-state index in [1.807, 2.05) is 19.9 Å². The third-order valence-electron chi connectivity index (χ3n) is 5.34. The number of hydrogen-bond acceptors (Lipinski definition) is 7. The number of nitrogens with zero attached hydrogens (tertiary/aromatic N) is 3. The van der Waals surface area contributed by atoms with Crippen LogP contribution in [0.3, 0.4) is 0 Å². The molecule has 2 heterocycles. The van der Waals surface area contributed by atoms with Crippen LogP contribution in [-0.2, 0) is 4.79 Å². The third-order valence-corrected chi connectivity index (χ3v) is 5.57. The van der Waals surface area contributed by atoms with Crippen molar-refractivity contribution in [3.05, 3.63) is 45.6 Å². The highest BCUT2D eigenvalue weighted by Crippen LogP contribution is 2.39. The summed E-state index contributed by atoms with van der Waals surface area (Å²) < 4.78 is 11.4. The van der Waals surface area contributed by atoms with E-state index >= 15 is 0 Å². The number of pyridine rings is 1. The number of carbonyl (C=O) groups is 1. The Morgan fingerprint density at radius 3 is 2.36 bits per heavy atom. The first kappa shape index (κ1) is 24.6. The lowest BCUT2D eigenvalue weighted by atomic mass is 9.95. The highest BCUT2D eigenvalue weighted by atomic mass is 35.5. The maximum atomic E-state index is 13.0. The van der Waals surface area contributed by atoms with Crippen molar-refractivity contribution in [2.24, 2.45) is 5.92 Å². The molecular weight excluding hydrogens is 448 g/mol. The number of halogens is 1. The minimum atomic E-state index is -0.521. The van der Waals surface area contributed by atoms with E-state index < -0.39 is 4.92 Å². The summed E-state index contributed by atoms with van der Waals surface area (Å²) in [5, 5.41) is 15.0. The highest BCUT2D eigenvalue weighted by Gasteiger charge is 2.28. The van der Waals surface area contributed by atoms with E-state index in [0.717, 1.165) is 18.7 Å². The summed E-state index contributed by atoms with van der Waals surface area (Å²) in [5.74, 6) is 0.998. The molecule has 1 saturated heterocycles. The van der Waals surface area contributed by atoms with Crippen LogP contribution in [0.1, 0.15) is 39.5 Å². The molecule has 0 aliphatic carbocycles. The van der Waals surface area contributed by atoms with Crippen molar-refractivity contribution in [1.29, 1.82) is 0 Å². The number of hydrogen-bond donors (Lipinski definition) is 1. The second kappa shape index (κ2) is 11.7. The number of rotatable bonds is 10. The molecule has 0 radical (unpaired) electrons. The van der Waals surface area contributed by atoms with Gasteiger partial charge in [-0.05, 0) is 37.8 Å². The summed E-state index contributed by atoms with van der Waals surface area (Å²) in [5.41, 5.74) is -0.108. The third kappa shape index (κ3) is 6.47. The van der Waals surface area contributed by atoms with Gasteiger partial charge >= 0.3 is 0 Å². The molecule has 1 aromatic heterocycles. The van der Waals surface area contributed by atoms with E-state index in [0.29, 0.717) is 55.7 Å². The van der Waals surface area contributed by atoms with Crippen LogP contribution in [0.15, 0.2) is 30.5 Å². The monoisotopic (exact) mass is 476 g/mol. The van der Waals surface area contributed by atoms with Crippen molar-refractivity contribution >= 4 is 34.7 Å². The van der Waals surface area contributed by atoms with Gasteiger partial charge in [0.05, 0.1) is 29.2 Å². The normalized spacial score (nSPS) is 14.1. The second-order valence-corrected chi connectivity index (χ2v) is 8.29. The average Bonchev–Trinajstić information content (AvgIpc) is 2.82. The maximum Gasteiger partial charge on any atom is 0.296 e. The molecule has 0 unspecified atom stereocenters. The molecule has 0 spiro atoms. The summed E-state index contributed by atoms with van der Waals surface area (Å²) in [6.07, 6.45) is 4.35. The molecule has 178 valence electrons. The lowest BCUT2D eigenvalue weighted by Crippen LogP contribution is -2.38. The SMILES string of the molecule is CCCOc1cc(NC(=O)C2CCN(c3ccc(Cl)cn3)CC2)c([N+](=O)[O-])cc1OCCC. The zero-order valence-electron chi connectivity index (χ0n) is 18.9. The van der Waals surface area contributed by atoms with Gasteiger partial charge in [0.1, 0.15) is 11.5 Å². The number of piperidine rings is 1. The number of anilines is 2. The number of carbonyl (C=O) groups excluding carboxylic acids is 1. The van der Waals surface area contributed by atoms with Gasteiger partial charge in [0.15, 0.2) is 11.5 Å². The number of nitrogens with one attached hydrogen (secondary N) is 1. The fourth-order valence-corrected chi connectivity index (χ4v) is 3.72. The van der Waals surface area contributed by atoms with Gasteiger partial charge in [-0.3, -0.25) is 14.9 Å². The van der Waals surface area contributed by atoms with Crippen molar-refractivity contribution in [1.82, 2.24) is 4.98 Å². The molecule has 2 aromatic rings. The maximum absolute atomic E-state index is 13.0. The van der Waals surface area contributed by atoms with Crippen molar-refractivity contribution in [3.63, 3.8) is 0 Å².